The number of halogens is 1. The van der Waals surface area contributed by atoms with Gasteiger partial charge in [0.05, 0.1) is 6.33 Å². The van der Waals surface area contributed by atoms with E-state index in [1.807, 2.05) is 13.8 Å². The van der Waals surface area contributed by atoms with Gasteiger partial charge in [-0.1, -0.05) is 13.8 Å². The van der Waals surface area contributed by atoms with Gasteiger partial charge in [0, 0.05) is 12.4 Å². The molecule has 3 heteroatoms. The van der Waals surface area contributed by atoms with Crippen LogP contribution in [0.4, 0.5) is 0 Å². The molecule has 1 heterocycles. The van der Waals surface area contributed by atoms with Crippen molar-refractivity contribution in [2.75, 3.05) is 0 Å². The molecule has 0 bridgehead atoms. The molecule has 0 aromatic carbocycles. The molecule has 0 fully saturated rings. The molecule has 0 saturated carbocycles. The highest BCUT2D eigenvalue weighted by molar-refractivity contribution is 8.93. The number of aromatic nitrogens is 2. The molecule has 0 saturated heterocycles. The van der Waals surface area contributed by atoms with Gasteiger partial charge in [0.15, 0.2) is 0 Å². The van der Waals surface area contributed by atoms with Crippen LogP contribution in [0, 0.1) is 0 Å². The fourth-order valence-electron chi connectivity index (χ4n) is 0.215. The lowest BCUT2D eigenvalue weighted by Crippen LogP contribution is -1.44. The molecule has 48 valence electrons. The molecule has 2 nitrogen and oxygen atoms in total. The molecule has 0 unspecified atom stereocenters. The first-order chi connectivity index (χ1) is 3.50. The predicted molar refractivity (Wildman–Crippen MR) is 40.3 cm³/mol. The molecule has 0 aliphatic heterocycles. The predicted octanol–water partition coefficient (Wildman–Crippen LogP) is 2.01. The Labute approximate surface area is 60.1 Å². The van der Waals surface area contributed by atoms with E-state index in [0.29, 0.717) is 0 Å². The molecule has 0 spiro atoms. The number of imidazole rings is 1. The molecular weight excluding hydrogens is 168 g/mol. The lowest BCUT2D eigenvalue weighted by atomic mass is 11.0. The number of hydrogen-bond donors (Lipinski definition) is 1. The second-order valence-electron chi connectivity index (χ2n) is 0.761. The number of H-pyrrole nitrogens is 1. The van der Waals surface area contributed by atoms with Crippen molar-refractivity contribution < 1.29 is 0 Å². The van der Waals surface area contributed by atoms with E-state index in [1.54, 1.807) is 18.7 Å². The highest BCUT2D eigenvalue weighted by Crippen LogP contribution is 1.62. The number of rotatable bonds is 0. The van der Waals surface area contributed by atoms with Crippen LogP contribution in [-0.4, -0.2) is 9.97 Å². The van der Waals surface area contributed by atoms with Gasteiger partial charge in [-0.05, 0) is 0 Å². The summed E-state index contributed by atoms with van der Waals surface area (Å²) in [7, 11) is 0. The smallest absolute Gasteiger partial charge is 0.0919 e. The van der Waals surface area contributed by atoms with Crippen molar-refractivity contribution in [3.8, 4) is 0 Å². The second kappa shape index (κ2) is 9.85. The zero-order valence-corrected chi connectivity index (χ0v) is 6.80. The van der Waals surface area contributed by atoms with Crippen molar-refractivity contribution in [2.24, 2.45) is 0 Å². The van der Waals surface area contributed by atoms with Gasteiger partial charge in [-0.15, -0.1) is 17.0 Å². The Bertz CT molecular complexity index is 66.9. The Hall–Kier alpha value is -0.310. The average molecular weight is 179 g/mol. The summed E-state index contributed by atoms with van der Waals surface area (Å²) < 4.78 is 0. The van der Waals surface area contributed by atoms with Crippen LogP contribution < -0.4 is 0 Å². The van der Waals surface area contributed by atoms with Crippen LogP contribution >= 0.6 is 17.0 Å². The van der Waals surface area contributed by atoms with E-state index in [4.69, 9.17) is 0 Å². The minimum absolute atomic E-state index is 0. The first-order valence-electron chi connectivity index (χ1n) is 2.43. The topological polar surface area (TPSA) is 28.7 Å². The molecule has 1 aromatic rings. The fraction of sp³-hybridized carbons (Fsp3) is 0.400. The van der Waals surface area contributed by atoms with E-state index < -0.39 is 0 Å². The standard InChI is InChI=1S/C3H4N2.C2H6.BrH/c1-2-5-3-4-1;1-2;/h1-3H,(H,4,5);1-2H3;1H. The van der Waals surface area contributed by atoms with Crippen LogP contribution in [0.1, 0.15) is 13.8 Å². The Kier molecular flexibility index (Phi) is 13.1. The molecule has 1 rings (SSSR count). The van der Waals surface area contributed by atoms with E-state index in [-0.39, 0.29) is 17.0 Å². The van der Waals surface area contributed by atoms with Crippen LogP contribution in [0.2, 0.25) is 0 Å². The summed E-state index contributed by atoms with van der Waals surface area (Å²) in [6.07, 6.45) is 5.08. The van der Waals surface area contributed by atoms with Crippen molar-refractivity contribution in [1.29, 1.82) is 0 Å². The van der Waals surface area contributed by atoms with E-state index in [0.717, 1.165) is 0 Å². The zero-order chi connectivity index (χ0) is 5.54. The van der Waals surface area contributed by atoms with Crippen molar-refractivity contribution in [2.45, 2.75) is 13.8 Å². The number of hydrogen-bond acceptors (Lipinski definition) is 1. The lowest BCUT2D eigenvalue weighted by molar-refractivity contribution is 1.31. The van der Waals surface area contributed by atoms with E-state index in [9.17, 15) is 0 Å². The first-order valence-corrected chi connectivity index (χ1v) is 2.43. The molecule has 8 heavy (non-hydrogen) atoms. The quantitative estimate of drug-likeness (QED) is 0.648. The Morgan fingerprint density at radius 1 is 1.38 bits per heavy atom. The molecule has 0 aliphatic carbocycles. The lowest BCUT2D eigenvalue weighted by Gasteiger charge is -1.46. The summed E-state index contributed by atoms with van der Waals surface area (Å²) >= 11 is 0. The third-order valence-electron chi connectivity index (χ3n) is 0.406. The minimum Gasteiger partial charge on any atom is -0.351 e. The third-order valence-corrected chi connectivity index (χ3v) is 0.406. The first kappa shape index (κ1) is 10.6. The molecule has 0 radical (unpaired) electrons. The Morgan fingerprint density at radius 2 is 2.00 bits per heavy atom. The third kappa shape index (κ3) is 5.69. The van der Waals surface area contributed by atoms with Crippen LogP contribution in [0.3, 0.4) is 0 Å². The molecular formula is C5H11BrN2. The normalized spacial score (nSPS) is 5.75. The van der Waals surface area contributed by atoms with Gasteiger partial charge in [0.25, 0.3) is 0 Å². The molecule has 1 aromatic heterocycles. The molecule has 0 amide bonds. The molecule has 0 atom stereocenters. The van der Waals surface area contributed by atoms with E-state index >= 15 is 0 Å². The van der Waals surface area contributed by atoms with Gasteiger partial charge in [-0.2, -0.15) is 0 Å². The summed E-state index contributed by atoms with van der Waals surface area (Å²) in [4.78, 5) is 6.42. The van der Waals surface area contributed by atoms with Crippen molar-refractivity contribution >= 4 is 17.0 Å². The summed E-state index contributed by atoms with van der Waals surface area (Å²) in [6, 6.07) is 0. The molecule has 1 N–H and O–H groups in total. The number of aromatic amines is 1. The zero-order valence-electron chi connectivity index (χ0n) is 5.09. The highest BCUT2D eigenvalue weighted by atomic mass is 79.9. The summed E-state index contributed by atoms with van der Waals surface area (Å²) in [5.74, 6) is 0. The van der Waals surface area contributed by atoms with Crippen molar-refractivity contribution in [3.63, 3.8) is 0 Å². The van der Waals surface area contributed by atoms with E-state index in [1.165, 1.54) is 0 Å². The number of nitrogens with one attached hydrogen (secondary N) is 1. The fourth-order valence-corrected chi connectivity index (χ4v) is 0.215. The second-order valence-corrected chi connectivity index (χ2v) is 0.761. The van der Waals surface area contributed by atoms with Gasteiger partial charge in [-0.3, -0.25) is 0 Å². The summed E-state index contributed by atoms with van der Waals surface area (Å²) in [5.41, 5.74) is 0. The van der Waals surface area contributed by atoms with Crippen LogP contribution in [0.5, 0.6) is 0 Å². The van der Waals surface area contributed by atoms with Gasteiger partial charge in [-0.25, -0.2) is 4.98 Å². The Morgan fingerprint density at radius 3 is 2.12 bits per heavy atom. The SMILES string of the molecule is Br.CC.c1c[nH]cn1. The average Bonchev–Trinajstić information content (AvgIpc) is 2.23. The highest BCUT2D eigenvalue weighted by Gasteiger charge is 1.56. The van der Waals surface area contributed by atoms with Crippen LogP contribution in [0.25, 0.3) is 0 Å². The van der Waals surface area contributed by atoms with Gasteiger partial charge in [0.1, 0.15) is 0 Å². The number of nitrogens with zero attached hydrogens (tertiary/aromatic N) is 1. The summed E-state index contributed by atoms with van der Waals surface area (Å²) in [6.45, 7) is 4.00. The maximum absolute atomic E-state index is 3.67. The maximum Gasteiger partial charge on any atom is 0.0919 e. The maximum atomic E-state index is 3.67. The van der Waals surface area contributed by atoms with Crippen LogP contribution in [-0.2, 0) is 0 Å². The van der Waals surface area contributed by atoms with Crippen molar-refractivity contribution in [3.05, 3.63) is 18.7 Å². The largest absolute Gasteiger partial charge is 0.351 e. The Balaban J connectivity index is 0. The van der Waals surface area contributed by atoms with Crippen molar-refractivity contribution in [1.82, 2.24) is 9.97 Å². The van der Waals surface area contributed by atoms with Gasteiger partial charge in [0.2, 0.25) is 0 Å². The van der Waals surface area contributed by atoms with Gasteiger partial charge < -0.3 is 4.98 Å². The van der Waals surface area contributed by atoms with Gasteiger partial charge >= 0.3 is 0 Å². The minimum atomic E-state index is 0. The monoisotopic (exact) mass is 178 g/mol. The molecule has 0 aliphatic rings. The van der Waals surface area contributed by atoms with E-state index in [2.05, 4.69) is 9.97 Å². The summed E-state index contributed by atoms with van der Waals surface area (Å²) in [5, 5.41) is 0. The van der Waals surface area contributed by atoms with Crippen LogP contribution in [0.15, 0.2) is 18.7 Å².